The molecule has 0 spiro atoms. The predicted octanol–water partition coefficient (Wildman–Crippen LogP) is 4.74. The van der Waals surface area contributed by atoms with E-state index in [2.05, 4.69) is 22.3 Å². The minimum atomic E-state index is 0. The van der Waals surface area contributed by atoms with Crippen LogP contribution in [0.2, 0.25) is 5.02 Å². The first-order valence-electron chi connectivity index (χ1n) is 8.61. The molecule has 1 aliphatic heterocycles. The third-order valence-corrected chi connectivity index (χ3v) is 5.77. The fraction of sp³-hybridized carbons (Fsp3) is 0.300. The number of carbonyl (C=O) groups excluding carboxylic acids is 1. The van der Waals surface area contributed by atoms with Crippen molar-refractivity contribution < 1.29 is 4.79 Å². The molecule has 4 nitrogen and oxygen atoms in total. The first kappa shape index (κ1) is 21.6. The van der Waals surface area contributed by atoms with Gasteiger partial charge in [-0.2, -0.15) is 0 Å². The topological polar surface area (TPSA) is 44.7 Å². The molecule has 144 valence electrons. The number of rotatable bonds is 6. The Kier molecular flexibility index (Phi) is 8.48. The number of amidine groups is 1. The smallest absolute Gasteiger partial charge is 0.226 e. The molecule has 1 N–H and O–H groups in total. The number of anilines is 1. The Balaban J connectivity index is 0.00000261. The number of halogens is 2. The molecule has 3 rings (SSSR count). The fourth-order valence-corrected chi connectivity index (χ4v) is 4.12. The van der Waals surface area contributed by atoms with E-state index in [1.165, 1.54) is 5.56 Å². The molecule has 1 heterocycles. The lowest BCUT2D eigenvalue weighted by Gasteiger charge is -2.20. The molecule has 0 aliphatic carbocycles. The summed E-state index contributed by atoms with van der Waals surface area (Å²) in [5.74, 6) is 0.893. The number of hydrogen-bond acceptors (Lipinski definition) is 3. The Hall–Kier alpha value is -1.69. The van der Waals surface area contributed by atoms with E-state index in [9.17, 15) is 4.79 Å². The van der Waals surface area contributed by atoms with Crippen molar-refractivity contribution in [2.45, 2.75) is 18.9 Å². The van der Waals surface area contributed by atoms with E-state index in [1.54, 1.807) is 23.9 Å². The molecule has 7 heteroatoms. The van der Waals surface area contributed by atoms with Crippen LogP contribution in [-0.2, 0) is 11.2 Å². The molecule has 0 radical (unpaired) electrons. The maximum Gasteiger partial charge on any atom is 0.226 e. The third kappa shape index (κ3) is 6.45. The van der Waals surface area contributed by atoms with Crippen LogP contribution in [0.15, 0.2) is 59.6 Å². The first-order valence-corrected chi connectivity index (χ1v) is 9.97. The molecular weight excluding hydrogens is 401 g/mol. The summed E-state index contributed by atoms with van der Waals surface area (Å²) in [6.07, 6.45) is 1.38. The van der Waals surface area contributed by atoms with Crippen molar-refractivity contribution in [2.24, 2.45) is 4.99 Å². The Morgan fingerprint density at radius 1 is 1.22 bits per heavy atom. The van der Waals surface area contributed by atoms with Crippen molar-refractivity contribution in [1.29, 1.82) is 0 Å². The van der Waals surface area contributed by atoms with Gasteiger partial charge in [0.1, 0.15) is 0 Å². The highest BCUT2D eigenvalue weighted by Gasteiger charge is 2.28. The SMILES string of the molecule is CN1C(=NCCc2ccccc2)SCC1CC(=O)Nc1ccc(Cl)cc1.Cl. The van der Waals surface area contributed by atoms with Gasteiger partial charge in [-0.15, -0.1) is 12.4 Å². The highest BCUT2D eigenvalue weighted by molar-refractivity contribution is 8.14. The number of hydrogen-bond donors (Lipinski definition) is 1. The van der Waals surface area contributed by atoms with Crippen molar-refractivity contribution in [3.05, 3.63) is 65.2 Å². The average Bonchev–Trinajstić information content (AvgIpc) is 2.98. The highest BCUT2D eigenvalue weighted by Crippen LogP contribution is 2.25. The number of aliphatic imine (C=N–C) groups is 1. The molecule has 1 amide bonds. The molecule has 2 aromatic carbocycles. The summed E-state index contributed by atoms with van der Waals surface area (Å²) >= 11 is 7.59. The van der Waals surface area contributed by atoms with Gasteiger partial charge < -0.3 is 10.2 Å². The number of thioether (sulfide) groups is 1. The van der Waals surface area contributed by atoms with Crippen LogP contribution in [0.4, 0.5) is 5.69 Å². The van der Waals surface area contributed by atoms with E-state index in [0.29, 0.717) is 11.4 Å². The molecule has 1 unspecified atom stereocenters. The molecule has 0 saturated carbocycles. The van der Waals surface area contributed by atoms with Crippen LogP contribution >= 0.6 is 35.8 Å². The quantitative estimate of drug-likeness (QED) is 0.729. The van der Waals surface area contributed by atoms with Crippen LogP contribution in [0.1, 0.15) is 12.0 Å². The van der Waals surface area contributed by atoms with E-state index < -0.39 is 0 Å². The Morgan fingerprint density at radius 2 is 1.93 bits per heavy atom. The maximum atomic E-state index is 12.3. The first-order chi connectivity index (χ1) is 12.6. The number of carbonyl (C=O) groups is 1. The number of amides is 1. The zero-order valence-corrected chi connectivity index (χ0v) is 17.5. The van der Waals surface area contributed by atoms with E-state index in [-0.39, 0.29) is 24.4 Å². The normalized spacial score (nSPS) is 17.6. The lowest BCUT2D eigenvalue weighted by Crippen LogP contribution is -2.33. The van der Waals surface area contributed by atoms with Gasteiger partial charge in [0, 0.05) is 42.5 Å². The van der Waals surface area contributed by atoms with Crippen LogP contribution in [0.3, 0.4) is 0 Å². The summed E-state index contributed by atoms with van der Waals surface area (Å²) < 4.78 is 0. The second kappa shape index (κ2) is 10.6. The number of nitrogens with one attached hydrogen (secondary N) is 1. The van der Waals surface area contributed by atoms with Crippen LogP contribution in [0.25, 0.3) is 0 Å². The molecule has 1 saturated heterocycles. The molecule has 27 heavy (non-hydrogen) atoms. The van der Waals surface area contributed by atoms with Gasteiger partial charge in [-0.1, -0.05) is 53.7 Å². The van der Waals surface area contributed by atoms with Gasteiger partial charge in [0.2, 0.25) is 5.91 Å². The van der Waals surface area contributed by atoms with Crippen molar-refractivity contribution in [1.82, 2.24) is 4.90 Å². The largest absolute Gasteiger partial charge is 0.350 e. The maximum absolute atomic E-state index is 12.3. The summed E-state index contributed by atoms with van der Waals surface area (Å²) in [6.45, 7) is 0.764. The van der Waals surface area contributed by atoms with Gasteiger partial charge >= 0.3 is 0 Å². The molecule has 0 aromatic heterocycles. The molecule has 2 aromatic rings. The summed E-state index contributed by atoms with van der Waals surface area (Å²) in [5, 5.41) is 4.60. The van der Waals surface area contributed by atoms with Gasteiger partial charge in [-0.05, 0) is 36.2 Å². The Morgan fingerprint density at radius 3 is 2.63 bits per heavy atom. The monoisotopic (exact) mass is 423 g/mol. The summed E-state index contributed by atoms with van der Waals surface area (Å²) in [5.41, 5.74) is 2.06. The van der Waals surface area contributed by atoms with Gasteiger partial charge in [0.05, 0.1) is 0 Å². The second-order valence-corrected chi connectivity index (χ2v) is 7.66. The van der Waals surface area contributed by atoms with E-state index in [1.807, 2.05) is 37.4 Å². The van der Waals surface area contributed by atoms with Crippen LogP contribution in [0.5, 0.6) is 0 Å². The predicted molar refractivity (Wildman–Crippen MR) is 118 cm³/mol. The lowest BCUT2D eigenvalue weighted by molar-refractivity contribution is -0.116. The van der Waals surface area contributed by atoms with Crippen LogP contribution < -0.4 is 5.32 Å². The molecule has 1 atom stereocenters. The summed E-state index contributed by atoms with van der Waals surface area (Å²) in [7, 11) is 2.02. The van der Waals surface area contributed by atoms with E-state index in [0.717, 1.165) is 29.6 Å². The fourth-order valence-electron chi connectivity index (χ4n) is 2.78. The molecular formula is C20H23Cl2N3OS. The van der Waals surface area contributed by atoms with E-state index in [4.69, 9.17) is 16.6 Å². The second-order valence-electron chi connectivity index (χ2n) is 6.23. The average molecular weight is 424 g/mol. The van der Waals surface area contributed by atoms with Gasteiger partial charge in [-0.25, -0.2) is 0 Å². The van der Waals surface area contributed by atoms with Crippen LogP contribution in [0, 0.1) is 0 Å². The zero-order valence-electron chi connectivity index (χ0n) is 15.1. The number of nitrogens with zero attached hydrogens (tertiary/aromatic N) is 2. The van der Waals surface area contributed by atoms with Gasteiger partial charge in [-0.3, -0.25) is 9.79 Å². The van der Waals surface area contributed by atoms with Crippen LogP contribution in [-0.4, -0.2) is 41.4 Å². The van der Waals surface area contributed by atoms with Crippen molar-refractivity contribution in [2.75, 3.05) is 24.7 Å². The van der Waals surface area contributed by atoms with Crippen molar-refractivity contribution in [3.8, 4) is 0 Å². The Labute approximate surface area is 175 Å². The van der Waals surface area contributed by atoms with Crippen molar-refractivity contribution in [3.63, 3.8) is 0 Å². The highest BCUT2D eigenvalue weighted by atomic mass is 35.5. The summed E-state index contributed by atoms with van der Waals surface area (Å²) in [4.78, 5) is 19.1. The van der Waals surface area contributed by atoms with Gasteiger partial charge in [0.25, 0.3) is 0 Å². The van der Waals surface area contributed by atoms with E-state index >= 15 is 0 Å². The third-order valence-electron chi connectivity index (χ3n) is 4.29. The summed E-state index contributed by atoms with van der Waals surface area (Å²) in [6, 6.07) is 17.7. The minimum Gasteiger partial charge on any atom is -0.350 e. The standard InChI is InChI=1S/C20H22ClN3OS.ClH/c1-24-18(13-19(25)23-17-9-7-16(21)8-10-17)14-26-20(24)22-12-11-15-5-3-2-4-6-15;/h2-10,18H,11-14H2,1H3,(H,23,25);1H. The van der Waals surface area contributed by atoms with Crippen molar-refractivity contribution >= 4 is 52.5 Å². The Bertz CT molecular complexity index is 769. The number of benzene rings is 2. The zero-order chi connectivity index (χ0) is 18.4. The minimum absolute atomic E-state index is 0. The molecule has 0 bridgehead atoms. The lowest BCUT2D eigenvalue weighted by atomic mass is 10.2. The molecule has 1 fully saturated rings. The molecule has 1 aliphatic rings. The van der Waals surface area contributed by atoms with Gasteiger partial charge in [0.15, 0.2) is 5.17 Å².